The van der Waals surface area contributed by atoms with E-state index in [1.54, 1.807) is 12.8 Å². The highest BCUT2D eigenvalue weighted by atomic mass is 15.1. The van der Waals surface area contributed by atoms with Crippen molar-refractivity contribution in [3.05, 3.63) is 0 Å². The van der Waals surface area contributed by atoms with Crippen molar-refractivity contribution in [1.29, 1.82) is 0 Å². The van der Waals surface area contributed by atoms with Crippen LogP contribution >= 0.6 is 0 Å². The Kier molecular flexibility index (Phi) is 1.69. The minimum Gasteiger partial charge on any atom is -0.303 e. The molecule has 3 rings (SSSR count). The molecule has 1 nitrogen and oxygen atoms in total. The van der Waals surface area contributed by atoms with Crippen molar-refractivity contribution in [2.45, 2.75) is 26.2 Å². The third-order valence-electron chi connectivity index (χ3n) is 2.91. The zero-order chi connectivity index (χ0) is 6.97. The summed E-state index contributed by atoms with van der Waals surface area (Å²) in [5, 5.41) is 0. The highest BCUT2D eigenvalue weighted by Crippen LogP contribution is 2.39. The second-order valence-corrected chi connectivity index (χ2v) is 3.96. The fourth-order valence-corrected chi connectivity index (χ4v) is 2.48. The Morgan fingerprint density at radius 1 is 1.20 bits per heavy atom. The summed E-state index contributed by atoms with van der Waals surface area (Å²) in [5.41, 5.74) is 0. The van der Waals surface area contributed by atoms with Crippen LogP contribution < -0.4 is 0 Å². The molecule has 0 amide bonds. The molecule has 0 aromatic rings. The van der Waals surface area contributed by atoms with Gasteiger partial charge in [-0.3, -0.25) is 0 Å². The normalized spacial score (nSPS) is 39.3. The molecule has 0 atom stereocenters. The van der Waals surface area contributed by atoms with Gasteiger partial charge in [0.05, 0.1) is 0 Å². The Morgan fingerprint density at radius 3 is 2.30 bits per heavy atom. The van der Waals surface area contributed by atoms with Crippen LogP contribution in [0.5, 0.6) is 0 Å². The number of hydrogen-bond acceptors (Lipinski definition) is 1. The maximum Gasteiger partial charge on any atom is 0.000999 e. The molecule has 10 heavy (non-hydrogen) atoms. The van der Waals surface area contributed by atoms with Crippen LogP contribution in [0.4, 0.5) is 0 Å². The van der Waals surface area contributed by atoms with Gasteiger partial charge in [0, 0.05) is 13.1 Å². The third kappa shape index (κ3) is 1.07. The lowest BCUT2D eigenvalue weighted by atomic mass is 9.71. The highest BCUT2D eigenvalue weighted by molar-refractivity contribution is 4.89. The fraction of sp³-hybridized carbons (Fsp3) is 1.00. The van der Waals surface area contributed by atoms with Crippen molar-refractivity contribution >= 4 is 0 Å². The molecule has 1 aliphatic carbocycles. The molecule has 0 aromatic heterocycles. The van der Waals surface area contributed by atoms with Gasteiger partial charge >= 0.3 is 0 Å². The van der Waals surface area contributed by atoms with E-state index in [1.807, 2.05) is 0 Å². The van der Waals surface area contributed by atoms with Gasteiger partial charge in [-0.25, -0.2) is 0 Å². The van der Waals surface area contributed by atoms with Crippen molar-refractivity contribution in [1.82, 2.24) is 4.90 Å². The van der Waals surface area contributed by atoms with Crippen LogP contribution in [0, 0.1) is 11.8 Å². The van der Waals surface area contributed by atoms with E-state index in [0.717, 1.165) is 11.8 Å². The van der Waals surface area contributed by atoms with E-state index in [1.165, 1.54) is 26.1 Å². The summed E-state index contributed by atoms with van der Waals surface area (Å²) in [4.78, 5) is 2.64. The fourth-order valence-electron chi connectivity index (χ4n) is 2.48. The average molecular weight is 139 g/mol. The van der Waals surface area contributed by atoms with E-state index in [2.05, 4.69) is 11.8 Å². The maximum absolute atomic E-state index is 2.64. The van der Waals surface area contributed by atoms with Crippen LogP contribution in [0.25, 0.3) is 0 Å². The predicted octanol–water partition coefficient (Wildman–Crippen LogP) is 1.74. The quantitative estimate of drug-likeness (QED) is 0.563. The Bertz CT molecular complexity index is 106. The number of hydrogen-bond donors (Lipinski definition) is 0. The molecule has 2 saturated heterocycles. The maximum atomic E-state index is 2.64. The van der Waals surface area contributed by atoms with E-state index in [9.17, 15) is 0 Å². The molecule has 0 spiro atoms. The molecule has 3 aliphatic rings. The van der Waals surface area contributed by atoms with Gasteiger partial charge in [0.2, 0.25) is 0 Å². The number of rotatable bonds is 2. The van der Waals surface area contributed by atoms with E-state index in [-0.39, 0.29) is 0 Å². The first-order valence-corrected chi connectivity index (χ1v) is 4.61. The van der Waals surface area contributed by atoms with Gasteiger partial charge in [0.1, 0.15) is 0 Å². The van der Waals surface area contributed by atoms with E-state index >= 15 is 0 Å². The highest BCUT2D eigenvalue weighted by Gasteiger charge is 2.36. The lowest BCUT2D eigenvalue weighted by molar-refractivity contribution is 0.0278. The summed E-state index contributed by atoms with van der Waals surface area (Å²) in [6, 6.07) is 0. The predicted molar refractivity (Wildman–Crippen MR) is 42.9 cm³/mol. The minimum atomic E-state index is 1.09. The Morgan fingerprint density at radius 2 is 1.80 bits per heavy atom. The third-order valence-corrected chi connectivity index (χ3v) is 2.91. The lowest BCUT2D eigenvalue weighted by Crippen LogP contribution is -2.48. The Labute approximate surface area is 63.4 Å². The van der Waals surface area contributed by atoms with Crippen LogP contribution in [0.2, 0.25) is 0 Å². The van der Waals surface area contributed by atoms with Crippen molar-refractivity contribution < 1.29 is 0 Å². The van der Waals surface area contributed by atoms with Crippen LogP contribution in [0.3, 0.4) is 0 Å². The molecule has 3 fully saturated rings. The molecule has 0 aromatic carbocycles. The Hall–Kier alpha value is -0.0400. The smallest absolute Gasteiger partial charge is 0.000999 e. The van der Waals surface area contributed by atoms with Crippen LogP contribution in [-0.4, -0.2) is 24.5 Å². The van der Waals surface area contributed by atoms with Gasteiger partial charge in [-0.1, -0.05) is 6.92 Å². The summed E-state index contributed by atoms with van der Waals surface area (Å²) >= 11 is 0. The first kappa shape index (κ1) is 6.66. The molecule has 0 unspecified atom stereocenters. The second-order valence-electron chi connectivity index (χ2n) is 3.96. The zero-order valence-electron chi connectivity index (χ0n) is 6.84. The first-order valence-electron chi connectivity index (χ1n) is 4.61. The number of nitrogens with zero attached hydrogens (tertiary/aromatic N) is 1. The zero-order valence-corrected chi connectivity index (χ0v) is 6.84. The van der Waals surface area contributed by atoms with E-state index in [0.29, 0.717) is 0 Å². The van der Waals surface area contributed by atoms with Gasteiger partial charge in [-0.15, -0.1) is 0 Å². The summed E-state index contributed by atoms with van der Waals surface area (Å²) in [6.07, 6.45) is 4.42. The van der Waals surface area contributed by atoms with Gasteiger partial charge in [0.25, 0.3) is 0 Å². The van der Waals surface area contributed by atoms with Gasteiger partial charge in [-0.05, 0) is 37.6 Å². The standard InChI is InChI=1S/C9H17N/c1-2-3-10-6-8-4-9(5-8)7-10/h8-9H,2-7H2,1H3. The van der Waals surface area contributed by atoms with Crippen LogP contribution in [0.15, 0.2) is 0 Å². The lowest BCUT2D eigenvalue weighted by Gasteiger charge is -2.47. The summed E-state index contributed by atoms with van der Waals surface area (Å²) in [5.74, 6) is 2.18. The van der Waals surface area contributed by atoms with Gasteiger partial charge in [0.15, 0.2) is 0 Å². The van der Waals surface area contributed by atoms with Crippen molar-refractivity contribution in [3.8, 4) is 0 Å². The minimum absolute atomic E-state index is 1.09. The number of piperidine rings is 2. The van der Waals surface area contributed by atoms with Gasteiger partial charge in [-0.2, -0.15) is 0 Å². The molecule has 0 radical (unpaired) electrons. The largest absolute Gasteiger partial charge is 0.303 e. The SMILES string of the molecule is CCCN1CC2CC(C2)C1. The summed E-state index contributed by atoms with van der Waals surface area (Å²) in [7, 11) is 0. The second kappa shape index (κ2) is 2.54. The monoisotopic (exact) mass is 139 g/mol. The van der Waals surface area contributed by atoms with E-state index < -0.39 is 0 Å². The van der Waals surface area contributed by atoms with Gasteiger partial charge < -0.3 is 4.90 Å². The molecular weight excluding hydrogens is 122 g/mol. The van der Waals surface area contributed by atoms with Crippen molar-refractivity contribution in [3.63, 3.8) is 0 Å². The summed E-state index contributed by atoms with van der Waals surface area (Å²) < 4.78 is 0. The topological polar surface area (TPSA) is 3.24 Å². The molecule has 2 heterocycles. The number of fused-ring (bicyclic) bond motifs is 2. The van der Waals surface area contributed by atoms with Crippen LogP contribution in [0.1, 0.15) is 26.2 Å². The molecule has 0 N–H and O–H groups in total. The molecule has 2 bridgehead atoms. The van der Waals surface area contributed by atoms with Crippen molar-refractivity contribution in [2.24, 2.45) is 11.8 Å². The molecule has 58 valence electrons. The van der Waals surface area contributed by atoms with Crippen molar-refractivity contribution in [2.75, 3.05) is 19.6 Å². The Balaban J connectivity index is 1.80. The van der Waals surface area contributed by atoms with Crippen LogP contribution in [-0.2, 0) is 0 Å². The first-order chi connectivity index (χ1) is 4.88. The molecule has 2 aliphatic heterocycles. The molecular formula is C9H17N. The average Bonchev–Trinajstić information content (AvgIpc) is 1.87. The van der Waals surface area contributed by atoms with E-state index in [4.69, 9.17) is 0 Å². The molecule has 1 saturated carbocycles. The summed E-state index contributed by atoms with van der Waals surface area (Å²) in [6.45, 7) is 6.43. The molecule has 1 heteroatoms.